The van der Waals surface area contributed by atoms with Crippen molar-refractivity contribution in [2.75, 3.05) is 13.6 Å². The highest BCUT2D eigenvalue weighted by Crippen LogP contribution is 1.97. The van der Waals surface area contributed by atoms with Crippen molar-refractivity contribution in [1.82, 2.24) is 15.6 Å². The first kappa shape index (κ1) is 14.5. The molecule has 0 radical (unpaired) electrons. The molecule has 0 saturated heterocycles. The summed E-state index contributed by atoms with van der Waals surface area (Å²) < 4.78 is 0. The molecular weight excluding hydrogens is 224 g/mol. The van der Waals surface area contributed by atoms with Gasteiger partial charge in [-0.15, -0.1) is 0 Å². The molecular formula is C14H24N4. The first-order chi connectivity index (χ1) is 8.86. The molecule has 0 spiro atoms. The molecule has 100 valence electrons. The van der Waals surface area contributed by atoms with Gasteiger partial charge >= 0.3 is 0 Å². The molecule has 1 aromatic rings. The highest BCUT2D eigenvalue weighted by molar-refractivity contribution is 5.79. The van der Waals surface area contributed by atoms with Gasteiger partial charge in [-0.05, 0) is 18.6 Å². The predicted octanol–water partition coefficient (Wildman–Crippen LogP) is 2.33. The van der Waals surface area contributed by atoms with Gasteiger partial charge in [0.1, 0.15) is 0 Å². The van der Waals surface area contributed by atoms with Crippen LogP contribution in [0.4, 0.5) is 0 Å². The maximum absolute atomic E-state index is 4.26. The molecule has 0 atom stereocenters. The second-order valence-electron chi connectivity index (χ2n) is 4.23. The Balaban J connectivity index is 2.18. The van der Waals surface area contributed by atoms with Gasteiger partial charge in [-0.1, -0.05) is 32.3 Å². The van der Waals surface area contributed by atoms with Crippen LogP contribution in [0.2, 0.25) is 0 Å². The standard InChI is InChI=1S/C14H24N4/c1-3-4-5-7-11-17-14(15-2)18-12-13-9-6-8-10-16-13/h6,8-10H,3-5,7,11-12H2,1-2H3,(H2,15,17,18). The van der Waals surface area contributed by atoms with Crippen LogP contribution in [-0.4, -0.2) is 24.5 Å². The third kappa shape index (κ3) is 6.23. The smallest absolute Gasteiger partial charge is 0.191 e. The lowest BCUT2D eigenvalue weighted by molar-refractivity contribution is 0.646. The number of guanidine groups is 1. The summed E-state index contributed by atoms with van der Waals surface area (Å²) in [4.78, 5) is 8.45. The molecule has 0 amide bonds. The van der Waals surface area contributed by atoms with E-state index in [1.807, 2.05) is 18.2 Å². The summed E-state index contributed by atoms with van der Waals surface area (Å²) in [7, 11) is 1.79. The molecule has 1 aromatic heterocycles. The summed E-state index contributed by atoms with van der Waals surface area (Å²) in [5, 5.41) is 6.56. The van der Waals surface area contributed by atoms with Gasteiger partial charge in [0.15, 0.2) is 5.96 Å². The first-order valence-corrected chi connectivity index (χ1v) is 6.71. The zero-order valence-corrected chi connectivity index (χ0v) is 11.4. The average molecular weight is 248 g/mol. The fourth-order valence-electron chi connectivity index (χ4n) is 1.66. The summed E-state index contributed by atoms with van der Waals surface area (Å²) in [5.41, 5.74) is 1.02. The van der Waals surface area contributed by atoms with E-state index < -0.39 is 0 Å². The van der Waals surface area contributed by atoms with Crippen molar-refractivity contribution in [3.63, 3.8) is 0 Å². The quantitative estimate of drug-likeness (QED) is 0.442. The second kappa shape index (κ2) is 9.45. The number of hydrogen-bond acceptors (Lipinski definition) is 2. The Bertz CT molecular complexity index is 335. The molecule has 4 heteroatoms. The van der Waals surface area contributed by atoms with Crippen LogP contribution in [0.1, 0.15) is 38.3 Å². The lowest BCUT2D eigenvalue weighted by Gasteiger charge is -2.11. The van der Waals surface area contributed by atoms with Crippen molar-refractivity contribution in [2.24, 2.45) is 4.99 Å². The number of nitrogens with zero attached hydrogens (tertiary/aromatic N) is 2. The summed E-state index contributed by atoms with van der Waals surface area (Å²) in [6.45, 7) is 3.90. The zero-order valence-electron chi connectivity index (χ0n) is 11.4. The molecule has 0 saturated carbocycles. The topological polar surface area (TPSA) is 49.3 Å². The lowest BCUT2D eigenvalue weighted by atomic mass is 10.2. The highest BCUT2D eigenvalue weighted by Gasteiger charge is 1.97. The molecule has 0 aromatic carbocycles. The van der Waals surface area contributed by atoms with Gasteiger partial charge in [0.05, 0.1) is 12.2 Å². The van der Waals surface area contributed by atoms with E-state index in [-0.39, 0.29) is 0 Å². The van der Waals surface area contributed by atoms with E-state index in [0.29, 0.717) is 6.54 Å². The van der Waals surface area contributed by atoms with Crippen molar-refractivity contribution in [3.8, 4) is 0 Å². The number of aliphatic imine (C=N–C) groups is 1. The van der Waals surface area contributed by atoms with Gasteiger partial charge in [0.25, 0.3) is 0 Å². The van der Waals surface area contributed by atoms with Crippen LogP contribution >= 0.6 is 0 Å². The molecule has 0 fully saturated rings. The molecule has 1 rings (SSSR count). The summed E-state index contributed by atoms with van der Waals surface area (Å²) in [5.74, 6) is 0.845. The molecule has 0 aliphatic rings. The fourth-order valence-corrected chi connectivity index (χ4v) is 1.66. The van der Waals surface area contributed by atoms with Crippen LogP contribution < -0.4 is 10.6 Å². The summed E-state index contributed by atoms with van der Waals surface area (Å²) in [6, 6.07) is 5.91. The minimum Gasteiger partial charge on any atom is -0.356 e. The molecule has 4 nitrogen and oxygen atoms in total. The van der Waals surface area contributed by atoms with Crippen LogP contribution in [-0.2, 0) is 6.54 Å². The van der Waals surface area contributed by atoms with Gasteiger partial charge in [-0.25, -0.2) is 0 Å². The molecule has 18 heavy (non-hydrogen) atoms. The monoisotopic (exact) mass is 248 g/mol. The van der Waals surface area contributed by atoms with Crippen LogP contribution in [0.15, 0.2) is 29.4 Å². The van der Waals surface area contributed by atoms with E-state index in [0.717, 1.165) is 18.2 Å². The number of hydrogen-bond donors (Lipinski definition) is 2. The summed E-state index contributed by atoms with van der Waals surface area (Å²) in [6.07, 6.45) is 6.85. The van der Waals surface area contributed by atoms with Crippen molar-refractivity contribution >= 4 is 5.96 Å². The fraction of sp³-hybridized carbons (Fsp3) is 0.571. The Morgan fingerprint density at radius 3 is 2.78 bits per heavy atom. The Morgan fingerprint density at radius 2 is 2.11 bits per heavy atom. The van der Waals surface area contributed by atoms with E-state index >= 15 is 0 Å². The van der Waals surface area contributed by atoms with Gasteiger partial charge in [0, 0.05) is 19.8 Å². The zero-order chi connectivity index (χ0) is 13.1. The third-order valence-corrected chi connectivity index (χ3v) is 2.71. The second-order valence-corrected chi connectivity index (χ2v) is 4.23. The van der Waals surface area contributed by atoms with Crippen molar-refractivity contribution in [1.29, 1.82) is 0 Å². The lowest BCUT2D eigenvalue weighted by Crippen LogP contribution is -2.37. The Labute approximate surface area is 110 Å². The molecule has 1 heterocycles. The van der Waals surface area contributed by atoms with Gasteiger partial charge in [0.2, 0.25) is 0 Å². The van der Waals surface area contributed by atoms with Gasteiger partial charge < -0.3 is 10.6 Å². The van der Waals surface area contributed by atoms with Gasteiger partial charge in [-0.3, -0.25) is 9.98 Å². The van der Waals surface area contributed by atoms with Gasteiger partial charge in [-0.2, -0.15) is 0 Å². The molecule has 2 N–H and O–H groups in total. The van der Waals surface area contributed by atoms with E-state index in [2.05, 4.69) is 27.5 Å². The molecule has 0 aliphatic heterocycles. The Kier molecular flexibility index (Phi) is 7.60. The minimum absolute atomic E-state index is 0.704. The van der Waals surface area contributed by atoms with E-state index in [4.69, 9.17) is 0 Å². The maximum Gasteiger partial charge on any atom is 0.191 e. The summed E-state index contributed by atoms with van der Waals surface area (Å²) >= 11 is 0. The van der Waals surface area contributed by atoms with E-state index in [1.54, 1.807) is 13.2 Å². The van der Waals surface area contributed by atoms with Crippen molar-refractivity contribution in [3.05, 3.63) is 30.1 Å². The van der Waals surface area contributed by atoms with Crippen LogP contribution in [0.5, 0.6) is 0 Å². The third-order valence-electron chi connectivity index (χ3n) is 2.71. The van der Waals surface area contributed by atoms with Crippen LogP contribution in [0.3, 0.4) is 0 Å². The maximum atomic E-state index is 4.26. The molecule has 0 aliphatic carbocycles. The van der Waals surface area contributed by atoms with Crippen molar-refractivity contribution < 1.29 is 0 Å². The molecule has 0 unspecified atom stereocenters. The van der Waals surface area contributed by atoms with Crippen molar-refractivity contribution in [2.45, 2.75) is 39.2 Å². The minimum atomic E-state index is 0.704. The van der Waals surface area contributed by atoms with Crippen LogP contribution in [0.25, 0.3) is 0 Å². The largest absolute Gasteiger partial charge is 0.356 e. The van der Waals surface area contributed by atoms with Crippen LogP contribution in [0, 0.1) is 0 Å². The first-order valence-electron chi connectivity index (χ1n) is 6.71. The SMILES string of the molecule is CCCCCCNC(=NC)NCc1ccccn1. The number of nitrogens with one attached hydrogen (secondary N) is 2. The predicted molar refractivity (Wildman–Crippen MR) is 76.6 cm³/mol. The Morgan fingerprint density at radius 1 is 1.22 bits per heavy atom. The highest BCUT2D eigenvalue weighted by atomic mass is 15.2. The number of rotatable bonds is 7. The van der Waals surface area contributed by atoms with E-state index in [9.17, 15) is 0 Å². The number of pyridine rings is 1. The normalized spacial score (nSPS) is 11.3. The number of unbranched alkanes of at least 4 members (excludes halogenated alkanes) is 3. The molecule has 0 bridgehead atoms. The number of aromatic nitrogens is 1. The Hall–Kier alpha value is -1.58. The average Bonchev–Trinajstić information content (AvgIpc) is 2.43. The van der Waals surface area contributed by atoms with E-state index in [1.165, 1.54) is 25.7 Å².